The SMILES string of the molecule is CCOC(=O)COC[C@]12CC(C(=O)O)N(C(=O)CCCCOc3ccccc3)C1C2C. The summed E-state index contributed by atoms with van der Waals surface area (Å²) in [6.45, 7) is 4.60. The highest BCUT2D eigenvalue weighted by atomic mass is 16.6. The van der Waals surface area contributed by atoms with Crippen LogP contribution in [0.3, 0.4) is 0 Å². The van der Waals surface area contributed by atoms with Crippen molar-refractivity contribution in [3.63, 3.8) is 0 Å². The molecule has 3 rings (SSSR count). The van der Waals surface area contributed by atoms with Crippen molar-refractivity contribution in [2.75, 3.05) is 26.4 Å². The van der Waals surface area contributed by atoms with Gasteiger partial charge in [-0.25, -0.2) is 9.59 Å². The van der Waals surface area contributed by atoms with Crippen molar-refractivity contribution in [3.05, 3.63) is 30.3 Å². The standard InChI is InChI=1S/C23H31NO7/c1-3-30-20(26)14-29-15-23-13-18(22(27)28)24(21(23)16(23)2)19(25)11-7-8-12-31-17-9-5-4-6-10-17/h4-6,9-10,16,18,21H,3,7-8,11-15H2,1-2H3,(H,27,28)/t16?,18?,21?,23-/m0/s1. The Morgan fingerprint density at radius 1 is 1.19 bits per heavy atom. The Labute approximate surface area is 182 Å². The summed E-state index contributed by atoms with van der Waals surface area (Å²) in [7, 11) is 0. The van der Waals surface area contributed by atoms with Crippen LogP contribution in [0, 0.1) is 11.3 Å². The van der Waals surface area contributed by atoms with Gasteiger partial charge in [-0.3, -0.25) is 4.79 Å². The van der Waals surface area contributed by atoms with Crippen LogP contribution in [0.2, 0.25) is 0 Å². The van der Waals surface area contributed by atoms with Gasteiger partial charge in [-0.2, -0.15) is 0 Å². The van der Waals surface area contributed by atoms with Crippen LogP contribution >= 0.6 is 0 Å². The van der Waals surface area contributed by atoms with Crippen LogP contribution in [0.4, 0.5) is 0 Å². The van der Waals surface area contributed by atoms with Gasteiger partial charge >= 0.3 is 11.9 Å². The number of piperidine rings is 1. The molecule has 1 heterocycles. The number of nitrogens with zero attached hydrogens (tertiary/aromatic N) is 1. The fraction of sp³-hybridized carbons (Fsp3) is 0.609. The van der Waals surface area contributed by atoms with Crippen LogP contribution in [-0.4, -0.2) is 66.4 Å². The summed E-state index contributed by atoms with van der Waals surface area (Å²) in [6.07, 6.45) is 1.97. The van der Waals surface area contributed by atoms with E-state index in [1.54, 1.807) is 11.8 Å². The molecule has 1 amide bonds. The first-order valence-corrected chi connectivity index (χ1v) is 10.9. The highest BCUT2D eigenvalue weighted by molar-refractivity contribution is 5.86. The molecule has 1 aliphatic carbocycles. The van der Waals surface area contributed by atoms with Crippen LogP contribution in [0.1, 0.15) is 39.5 Å². The van der Waals surface area contributed by atoms with E-state index in [0.717, 1.165) is 5.75 Å². The summed E-state index contributed by atoms with van der Waals surface area (Å²) < 4.78 is 16.0. The molecular formula is C23H31NO7. The number of ether oxygens (including phenoxy) is 3. The summed E-state index contributed by atoms with van der Waals surface area (Å²) in [4.78, 5) is 37.7. The molecule has 1 saturated heterocycles. The number of fused-ring (bicyclic) bond motifs is 1. The normalized spacial score (nSPS) is 26.3. The van der Waals surface area contributed by atoms with Crippen molar-refractivity contribution in [1.82, 2.24) is 4.90 Å². The molecule has 0 bridgehead atoms. The van der Waals surface area contributed by atoms with Crippen molar-refractivity contribution in [1.29, 1.82) is 0 Å². The second-order valence-electron chi connectivity index (χ2n) is 8.24. The summed E-state index contributed by atoms with van der Waals surface area (Å²) in [5, 5.41) is 9.66. The topological polar surface area (TPSA) is 102 Å². The molecule has 31 heavy (non-hydrogen) atoms. The van der Waals surface area contributed by atoms with Crippen LogP contribution < -0.4 is 4.74 Å². The third-order valence-corrected chi connectivity index (χ3v) is 6.34. The minimum atomic E-state index is -0.995. The number of para-hydroxylation sites is 1. The van der Waals surface area contributed by atoms with Gasteiger partial charge in [-0.15, -0.1) is 0 Å². The quantitative estimate of drug-likeness (QED) is 0.399. The van der Waals surface area contributed by atoms with Gasteiger partial charge in [0.1, 0.15) is 18.4 Å². The predicted molar refractivity (Wildman–Crippen MR) is 112 cm³/mol. The number of benzene rings is 1. The third kappa shape index (κ3) is 5.18. The number of carbonyl (C=O) groups excluding carboxylic acids is 2. The van der Waals surface area contributed by atoms with Crippen molar-refractivity contribution in [2.24, 2.45) is 11.3 Å². The fourth-order valence-corrected chi connectivity index (χ4v) is 4.70. The molecule has 1 aromatic rings. The zero-order valence-corrected chi connectivity index (χ0v) is 18.1. The summed E-state index contributed by atoms with van der Waals surface area (Å²) in [5.41, 5.74) is -0.401. The molecule has 170 valence electrons. The lowest BCUT2D eigenvalue weighted by Gasteiger charge is -2.26. The van der Waals surface area contributed by atoms with Gasteiger partial charge in [0, 0.05) is 17.9 Å². The lowest BCUT2D eigenvalue weighted by Crippen LogP contribution is -2.44. The van der Waals surface area contributed by atoms with Crippen LogP contribution in [0.25, 0.3) is 0 Å². The van der Waals surface area contributed by atoms with Crippen molar-refractivity contribution in [3.8, 4) is 5.75 Å². The smallest absolute Gasteiger partial charge is 0.332 e. The minimum Gasteiger partial charge on any atom is -0.494 e. The molecule has 2 fully saturated rings. The number of carbonyl (C=O) groups is 3. The first kappa shape index (κ1) is 23.1. The molecule has 0 radical (unpaired) electrons. The number of rotatable bonds is 12. The summed E-state index contributed by atoms with van der Waals surface area (Å²) in [6, 6.07) is 8.47. The number of aliphatic carboxylic acids is 1. The van der Waals surface area contributed by atoms with Crippen LogP contribution in [0.5, 0.6) is 5.75 Å². The van der Waals surface area contributed by atoms with Gasteiger partial charge in [0.05, 0.1) is 19.8 Å². The minimum absolute atomic E-state index is 0.135. The van der Waals surface area contributed by atoms with E-state index in [1.807, 2.05) is 37.3 Å². The lowest BCUT2D eigenvalue weighted by molar-refractivity contribution is -0.150. The Hall–Kier alpha value is -2.61. The fourth-order valence-electron chi connectivity index (χ4n) is 4.70. The first-order chi connectivity index (χ1) is 14.9. The Balaban J connectivity index is 1.49. The number of hydrogen-bond acceptors (Lipinski definition) is 6. The second-order valence-corrected chi connectivity index (χ2v) is 8.24. The van der Waals surface area contributed by atoms with E-state index in [0.29, 0.717) is 25.9 Å². The molecular weight excluding hydrogens is 402 g/mol. The molecule has 0 spiro atoms. The lowest BCUT2D eigenvalue weighted by atomic mass is 9.97. The number of amides is 1. The second kappa shape index (κ2) is 10.1. The number of likely N-dealkylation sites (tertiary alicyclic amines) is 1. The van der Waals surface area contributed by atoms with E-state index < -0.39 is 23.4 Å². The highest BCUT2D eigenvalue weighted by Gasteiger charge is 2.72. The number of carboxylic acid groups (broad SMARTS) is 1. The number of unbranched alkanes of at least 4 members (excludes halogenated alkanes) is 1. The Morgan fingerprint density at radius 3 is 2.61 bits per heavy atom. The largest absolute Gasteiger partial charge is 0.494 e. The Kier molecular flexibility index (Phi) is 7.54. The molecule has 4 atom stereocenters. The molecule has 1 saturated carbocycles. The van der Waals surface area contributed by atoms with Gasteiger partial charge < -0.3 is 24.2 Å². The van der Waals surface area contributed by atoms with Crippen LogP contribution in [-0.2, 0) is 23.9 Å². The third-order valence-electron chi connectivity index (χ3n) is 6.34. The zero-order valence-electron chi connectivity index (χ0n) is 18.1. The molecule has 1 aliphatic heterocycles. The van der Waals surface area contributed by atoms with Crippen molar-refractivity contribution < 1.29 is 33.7 Å². The number of carboxylic acids is 1. The van der Waals surface area contributed by atoms with E-state index in [4.69, 9.17) is 14.2 Å². The maximum atomic E-state index is 12.9. The highest BCUT2D eigenvalue weighted by Crippen LogP contribution is 2.64. The van der Waals surface area contributed by atoms with Gasteiger partial charge in [0.15, 0.2) is 0 Å². The Bertz CT molecular complexity index is 783. The van der Waals surface area contributed by atoms with E-state index in [-0.39, 0.29) is 44.1 Å². The monoisotopic (exact) mass is 433 g/mol. The first-order valence-electron chi connectivity index (χ1n) is 10.9. The molecule has 2 aliphatic rings. The molecule has 0 aromatic heterocycles. The average molecular weight is 434 g/mol. The van der Waals surface area contributed by atoms with E-state index in [1.165, 1.54) is 0 Å². The maximum absolute atomic E-state index is 12.9. The van der Waals surface area contributed by atoms with E-state index in [2.05, 4.69) is 0 Å². The van der Waals surface area contributed by atoms with Crippen molar-refractivity contribution >= 4 is 17.8 Å². The van der Waals surface area contributed by atoms with Gasteiger partial charge in [0.2, 0.25) is 5.91 Å². The predicted octanol–water partition coefficient (Wildman–Crippen LogP) is 2.51. The number of esters is 1. The van der Waals surface area contributed by atoms with Gasteiger partial charge in [-0.05, 0) is 44.2 Å². The summed E-state index contributed by atoms with van der Waals surface area (Å²) >= 11 is 0. The summed E-state index contributed by atoms with van der Waals surface area (Å²) in [5.74, 6) is -0.657. The van der Waals surface area contributed by atoms with E-state index in [9.17, 15) is 19.5 Å². The molecule has 1 aromatic carbocycles. The van der Waals surface area contributed by atoms with Crippen molar-refractivity contribution in [2.45, 2.75) is 51.6 Å². The molecule has 8 nitrogen and oxygen atoms in total. The van der Waals surface area contributed by atoms with Gasteiger partial charge in [0.25, 0.3) is 0 Å². The van der Waals surface area contributed by atoms with Gasteiger partial charge in [-0.1, -0.05) is 25.1 Å². The Morgan fingerprint density at radius 2 is 1.94 bits per heavy atom. The molecule has 1 N–H and O–H groups in total. The molecule has 3 unspecified atom stereocenters. The number of hydrogen-bond donors (Lipinski definition) is 1. The maximum Gasteiger partial charge on any atom is 0.332 e. The van der Waals surface area contributed by atoms with E-state index >= 15 is 0 Å². The zero-order chi connectivity index (χ0) is 22.4. The van der Waals surface area contributed by atoms with Crippen LogP contribution in [0.15, 0.2) is 30.3 Å². The molecule has 8 heteroatoms. The average Bonchev–Trinajstić information content (AvgIpc) is 3.13.